The number of halogens is 1. The van der Waals surface area contributed by atoms with E-state index in [0.717, 1.165) is 15.1 Å². The zero-order valence-corrected chi connectivity index (χ0v) is 12.7. The Morgan fingerprint density at radius 3 is 2.41 bits per heavy atom. The van der Waals surface area contributed by atoms with Crippen LogP contribution in [0.15, 0.2) is 0 Å². The van der Waals surface area contributed by atoms with Crippen LogP contribution in [0.25, 0.3) is 0 Å². The fourth-order valence-electron chi connectivity index (χ4n) is 2.43. The SMILES string of the molecule is CC(C)c1nc(C2CCCCC2)nc(N)c1I. The molecule has 3 nitrogen and oxygen atoms in total. The zero-order valence-electron chi connectivity index (χ0n) is 10.5. The minimum absolute atomic E-state index is 0.412. The fraction of sp³-hybridized carbons (Fsp3) is 0.692. The number of rotatable bonds is 2. The molecule has 0 radical (unpaired) electrons. The predicted octanol–water partition coefficient (Wildman–Crippen LogP) is 3.83. The van der Waals surface area contributed by atoms with Gasteiger partial charge in [0.1, 0.15) is 11.6 Å². The molecular formula is C13H20IN3. The summed E-state index contributed by atoms with van der Waals surface area (Å²) in [5.74, 6) is 2.58. The summed E-state index contributed by atoms with van der Waals surface area (Å²) in [5.41, 5.74) is 7.12. The highest BCUT2D eigenvalue weighted by Crippen LogP contribution is 2.33. The molecular weight excluding hydrogens is 325 g/mol. The van der Waals surface area contributed by atoms with Crippen LogP contribution in [-0.4, -0.2) is 9.97 Å². The molecule has 0 aliphatic heterocycles. The van der Waals surface area contributed by atoms with Gasteiger partial charge in [0.15, 0.2) is 0 Å². The maximum absolute atomic E-state index is 6.01. The van der Waals surface area contributed by atoms with Gasteiger partial charge < -0.3 is 5.73 Å². The molecule has 1 aliphatic carbocycles. The van der Waals surface area contributed by atoms with E-state index in [4.69, 9.17) is 10.7 Å². The van der Waals surface area contributed by atoms with Gasteiger partial charge in [-0.1, -0.05) is 33.1 Å². The van der Waals surface area contributed by atoms with Crippen LogP contribution < -0.4 is 5.73 Å². The molecule has 0 bridgehead atoms. The van der Waals surface area contributed by atoms with E-state index < -0.39 is 0 Å². The third-order valence-corrected chi connectivity index (χ3v) is 4.54. The van der Waals surface area contributed by atoms with E-state index in [1.807, 2.05) is 0 Å². The van der Waals surface area contributed by atoms with Crippen molar-refractivity contribution in [1.29, 1.82) is 0 Å². The molecule has 1 aromatic heterocycles. The topological polar surface area (TPSA) is 51.8 Å². The molecule has 2 rings (SSSR count). The minimum Gasteiger partial charge on any atom is -0.383 e. The van der Waals surface area contributed by atoms with Crippen LogP contribution >= 0.6 is 22.6 Å². The van der Waals surface area contributed by atoms with Gasteiger partial charge in [-0.2, -0.15) is 0 Å². The lowest BCUT2D eigenvalue weighted by Gasteiger charge is -2.22. The number of nitrogens with zero attached hydrogens (tertiary/aromatic N) is 2. The molecule has 1 aromatic rings. The van der Waals surface area contributed by atoms with Gasteiger partial charge in [-0.05, 0) is 41.4 Å². The van der Waals surface area contributed by atoms with Crippen LogP contribution in [-0.2, 0) is 0 Å². The van der Waals surface area contributed by atoms with E-state index >= 15 is 0 Å². The van der Waals surface area contributed by atoms with Crippen molar-refractivity contribution in [2.24, 2.45) is 0 Å². The van der Waals surface area contributed by atoms with Crippen LogP contribution in [0.4, 0.5) is 5.82 Å². The summed E-state index contributed by atoms with van der Waals surface area (Å²) in [6.07, 6.45) is 6.40. The van der Waals surface area contributed by atoms with Crippen molar-refractivity contribution in [2.75, 3.05) is 5.73 Å². The van der Waals surface area contributed by atoms with Crippen molar-refractivity contribution in [3.8, 4) is 0 Å². The van der Waals surface area contributed by atoms with Crippen LogP contribution in [0.2, 0.25) is 0 Å². The van der Waals surface area contributed by atoms with Gasteiger partial charge in [-0.25, -0.2) is 9.97 Å². The summed E-state index contributed by atoms with van der Waals surface area (Å²) in [7, 11) is 0. The number of nitrogens with two attached hydrogens (primary N) is 1. The lowest BCUT2D eigenvalue weighted by Crippen LogP contribution is -2.14. The Balaban J connectivity index is 2.34. The molecule has 1 saturated carbocycles. The quantitative estimate of drug-likeness (QED) is 0.829. The molecule has 0 spiro atoms. The summed E-state index contributed by atoms with van der Waals surface area (Å²) in [5, 5.41) is 0. The van der Waals surface area contributed by atoms with E-state index in [0.29, 0.717) is 17.7 Å². The third kappa shape index (κ3) is 2.89. The van der Waals surface area contributed by atoms with Gasteiger partial charge >= 0.3 is 0 Å². The van der Waals surface area contributed by atoms with Crippen molar-refractivity contribution in [1.82, 2.24) is 9.97 Å². The monoisotopic (exact) mass is 345 g/mol. The van der Waals surface area contributed by atoms with Crippen molar-refractivity contribution in [3.05, 3.63) is 15.1 Å². The Labute approximate surface area is 117 Å². The molecule has 1 heterocycles. The van der Waals surface area contributed by atoms with E-state index in [1.165, 1.54) is 32.1 Å². The molecule has 0 atom stereocenters. The second-order valence-corrected chi connectivity index (χ2v) is 6.23. The summed E-state index contributed by atoms with van der Waals surface area (Å²) >= 11 is 2.26. The molecule has 0 unspecified atom stereocenters. The van der Waals surface area contributed by atoms with Gasteiger partial charge in [-0.3, -0.25) is 0 Å². The second kappa shape index (κ2) is 5.50. The van der Waals surface area contributed by atoms with E-state index in [-0.39, 0.29) is 0 Å². The molecule has 94 valence electrons. The van der Waals surface area contributed by atoms with Gasteiger partial charge in [0.25, 0.3) is 0 Å². The zero-order chi connectivity index (χ0) is 12.4. The molecule has 17 heavy (non-hydrogen) atoms. The fourth-order valence-corrected chi connectivity index (χ4v) is 3.29. The molecule has 0 saturated heterocycles. The largest absolute Gasteiger partial charge is 0.383 e. The highest BCUT2D eigenvalue weighted by atomic mass is 127. The Bertz CT molecular complexity index is 398. The van der Waals surface area contributed by atoms with Gasteiger partial charge in [0, 0.05) is 5.92 Å². The summed E-state index contributed by atoms with van der Waals surface area (Å²) in [4.78, 5) is 9.26. The summed E-state index contributed by atoms with van der Waals surface area (Å²) in [6.45, 7) is 4.32. The number of anilines is 1. The number of hydrogen-bond acceptors (Lipinski definition) is 3. The third-order valence-electron chi connectivity index (χ3n) is 3.44. The van der Waals surface area contributed by atoms with Gasteiger partial charge in [0.2, 0.25) is 0 Å². The maximum Gasteiger partial charge on any atom is 0.140 e. The average molecular weight is 345 g/mol. The number of hydrogen-bond donors (Lipinski definition) is 1. The first-order chi connectivity index (χ1) is 8.09. The minimum atomic E-state index is 0.412. The second-order valence-electron chi connectivity index (χ2n) is 5.16. The standard InChI is InChI=1S/C13H20IN3/c1-8(2)11-10(14)12(15)17-13(16-11)9-6-4-3-5-7-9/h8-9H,3-7H2,1-2H3,(H2,15,16,17). The normalized spacial score (nSPS) is 17.6. The Morgan fingerprint density at radius 1 is 1.18 bits per heavy atom. The molecule has 0 amide bonds. The lowest BCUT2D eigenvalue weighted by atomic mass is 9.88. The molecule has 4 heteroatoms. The molecule has 1 fully saturated rings. The van der Waals surface area contributed by atoms with Crippen LogP contribution in [0, 0.1) is 3.57 Å². The Hall–Kier alpha value is -0.390. The first-order valence-corrected chi connectivity index (χ1v) is 7.50. The van der Waals surface area contributed by atoms with Crippen molar-refractivity contribution in [2.45, 2.75) is 57.8 Å². The van der Waals surface area contributed by atoms with E-state index in [1.54, 1.807) is 0 Å². The van der Waals surface area contributed by atoms with E-state index in [2.05, 4.69) is 41.4 Å². The van der Waals surface area contributed by atoms with Gasteiger partial charge in [0.05, 0.1) is 9.26 Å². The number of nitrogen functional groups attached to an aromatic ring is 1. The van der Waals surface area contributed by atoms with Crippen molar-refractivity contribution in [3.63, 3.8) is 0 Å². The van der Waals surface area contributed by atoms with Crippen molar-refractivity contribution >= 4 is 28.4 Å². The molecule has 0 aromatic carbocycles. The van der Waals surface area contributed by atoms with Crippen LogP contribution in [0.5, 0.6) is 0 Å². The summed E-state index contributed by atoms with van der Waals surface area (Å²) in [6, 6.07) is 0. The summed E-state index contributed by atoms with van der Waals surface area (Å²) < 4.78 is 1.03. The smallest absolute Gasteiger partial charge is 0.140 e. The highest BCUT2D eigenvalue weighted by Gasteiger charge is 2.21. The van der Waals surface area contributed by atoms with Crippen LogP contribution in [0.1, 0.15) is 69.3 Å². The first kappa shape index (κ1) is 13.1. The Morgan fingerprint density at radius 2 is 1.82 bits per heavy atom. The Kier molecular flexibility index (Phi) is 4.22. The molecule has 2 N–H and O–H groups in total. The highest BCUT2D eigenvalue weighted by molar-refractivity contribution is 14.1. The predicted molar refractivity (Wildman–Crippen MR) is 79.1 cm³/mol. The first-order valence-electron chi connectivity index (χ1n) is 6.42. The van der Waals surface area contributed by atoms with E-state index in [9.17, 15) is 0 Å². The number of aromatic nitrogens is 2. The average Bonchev–Trinajstić information content (AvgIpc) is 2.33. The molecule has 1 aliphatic rings. The van der Waals surface area contributed by atoms with Crippen LogP contribution in [0.3, 0.4) is 0 Å². The van der Waals surface area contributed by atoms with Crippen molar-refractivity contribution < 1.29 is 0 Å². The maximum atomic E-state index is 6.01. The van der Waals surface area contributed by atoms with Gasteiger partial charge in [-0.15, -0.1) is 0 Å². The lowest BCUT2D eigenvalue weighted by molar-refractivity contribution is 0.427.